The summed E-state index contributed by atoms with van der Waals surface area (Å²) in [5.41, 5.74) is 3.51. The molecular weight excluding hydrogens is 450 g/mol. The van der Waals surface area contributed by atoms with Crippen LogP contribution >= 0.6 is 11.6 Å². The highest BCUT2D eigenvalue weighted by molar-refractivity contribution is 6.30. The van der Waals surface area contributed by atoms with E-state index in [0.717, 1.165) is 22.2 Å². The highest BCUT2D eigenvalue weighted by Gasteiger charge is 2.47. The second-order valence-corrected chi connectivity index (χ2v) is 8.66. The van der Waals surface area contributed by atoms with Gasteiger partial charge in [-0.15, -0.1) is 0 Å². The number of ether oxygens (including phenoxy) is 1. The highest BCUT2D eigenvalue weighted by atomic mass is 35.5. The number of rotatable bonds is 6. The van der Waals surface area contributed by atoms with Crippen LogP contribution in [0.25, 0.3) is 11.0 Å². The van der Waals surface area contributed by atoms with Crippen molar-refractivity contribution in [3.8, 4) is 0 Å². The van der Waals surface area contributed by atoms with E-state index in [4.69, 9.17) is 21.3 Å². The molecule has 0 bridgehead atoms. The van der Waals surface area contributed by atoms with Crippen molar-refractivity contribution in [2.45, 2.75) is 19.4 Å². The Morgan fingerprint density at radius 1 is 1.00 bits per heavy atom. The number of halogens is 1. The van der Waals surface area contributed by atoms with Crippen molar-refractivity contribution in [1.82, 2.24) is 9.55 Å². The molecule has 0 saturated carbocycles. The van der Waals surface area contributed by atoms with E-state index in [2.05, 4.69) is 0 Å². The van der Waals surface area contributed by atoms with Crippen molar-refractivity contribution in [1.29, 1.82) is 0 Å². The van der Waals surface area contributed by atoms with E-state index in [1.807, 2.05) is 71.3 Å². The van der Waals surface area contributed by atoms with Gasteiger partial charge in [-0.3, -0.25) is 14.5 Å². The Kier molecular flexibility index (Phi) is 6.07. The molecule has 0 aliphatic carbocycles. The number of aromatic nitrogens is 2. The van der Waals surface area contributed by atoms with Crippen LogP contribution in [0.1, 0.15) is 24.1 Å². The largest absolute Gasteiger partial charge is 0.465 e. The Morgan fingerprint density at radius 2 is 1.71 bits per heavy atom. The SMILES string of the molecule is CCOC(=O)[C@@H]1C(=O)N(CCc2ccccc2)c2nc3ccccc3n2[C@@H]1c1ccc(Cl)cc1. The Bertz CT molecular complexity index is 1330. The summed E-state index contributed by atoms with van der Waals surface area (Å²) in [7, 11) is 0. The van der Waals surface area contributed by atoms with Crippen molar-refractivity contribution in [3.63, 3.8) is 0 Å². The number of esters is 1. The number of hydrogen-bond donors (Lipinski definition) is 0. The number of amides is 1. The van der Waals surface area contributed by atoms with E-state index in [1.54, 1.807) is 24.0 Å². The van der Waals surface area contributed by atoms with Gasteiger partial charge in [0.25, 0.3) is 0 Å². The number of carbonyl (C=O) groups is 2. The number of benzene rings is 3. The van der Waals surface area contributed by atoms with Gasteiger partial charge in [-0.1, -0.05) is 66.2 Å². The monoisotopic (exact) mass is 473 g/mol. The van der Waals surface area contributed by atoms with Gasteiger partial charge in [-0.05, 0) is 48.7 Å². The van der Waals surface area contributed by atoms with Crippen molar-refractivity contribution in [2.75, 3.05) is 18.1 Å². The van der Waals surface area contributed by atoms with Crippen LogP contribution in [0.5, 0.6) is 0 Å². The average molecular weight is 474 g/mol. The van der Waals surface area contributed by atoms with Crippen LogP contribution in [0.2, 0.25) is 5.02 Å². The summed E-state index contributed by atoms with van der Waals surface area (Å²) in [5, 5.41) is 0.582. The lowest BCUT2D eigenvalue weighted by Gasteiger charge is -2.38. The molecule has 0 N–H and O–H groups in total. The summed E-state index contributed by atoms with van der Waals surface area (Å²) in [4.78, 5) is 33.6. The number of nitrogens with zero attached hydrogens (tertiary/aromatic N) is 3. The Balaban J connectivity index is 1.68. The average Bonchev–Trinajstić information content (AvgIpc) is 3.23. The lowest BCUT2D eigenvalue weighted by molar-refractivity contribution is -0.153. The van der Waals surface area contributed by atoms with Gasteiger partial charge < -0.3 is 9.30 Å². The van der Waals surface area contributed by atoms with E-state index in [-0.39, 0.29) is 12.5 Å². The molecule has 34 heavy (non-hydrogen) atoms. The van der Waals surface area contributed by atoms with Gasteiger partial charge in [0.2, 0.25) is 11.9 Å². The fourth-order valence-corrected chi connectivity index (χ4v) is 4.73. The molecule has 6 nitrogen and oxygen atoms in total. The first kappa shape index (κ1) is 22.2. The van der Waals surface area contributed by atoms with Crippen molar-refractivity contribution < 1.29 is 14.3 Å². The molecular formula is C27H24ClN3O3. The molecule has 4 aromatic rings. The van der Waals surface area contributed by atoms with E-state index in [9.17, 15) is 9.59 Å². The van der Waals surface area contributed by atoms with Gasteiger partial charge in [0, 0.05) is 11.6 Å². The summed E-state index contributed by atoms with van der Waals surface area (Å²) in [5.74, 6) is -1.36. The molecule has 1 aliphatic heterocycles. The summed E-state index contributed by atoms with van der Waals surface area (Å²) in [6, 6.07) is 24.3. The standard InChI is InChI=1S/C27H24ClN3O3/c1-2-34-26(33)23-24(19-12-14-20(28)15-13-19)31-22-11-7-6-10-21(22)29-27(31)30(25(23)32)17-16-18-8-4-3-5-9-18/h3-15,23-24H,2,16-17H2,1H3/t23-,24+/m0/s1. The predicted molar refractivity (Wildman–Crippen MR) is 132 cm³/mol. The van der Waals surface area contributed by atoms with Gasteiger partial charge in [-0.25, -0.2) is 4.98 Å². The molecule has 0 fully saturated rings. The topological polar surface area (TPSA) is 64.4 Å². The Morgan fingerprint density at radius 3 is 2.44 bits per heavy atom. The fraction of sp³-hybridized carbons (Fsp3) is 0.222. The van der Waals surface area contributed by atoms with Crippen molar-refractivity contribution in [3.05, 3.63) is 95.0 Å². The molecule has 5 rings (SSSR count). The van der Waals surface area contributed by atoms with E-state index < -0.39 is 17.9 Å². The number of anilines is 1. The zero-order chi connectivity index (χ0) is 23.7. The van der Waals surface area contributed by atoms with Gasteiger partial charge >= 0.3 is 5.97 Å². The molecule has 0 spiro atoms. The zero-order valence-electron chi connectivity index (χ0n) is 18.7. The molecule has 0 saturated heterocycles. The number of carbonyl (C=O) groups excluding carboxylic acids is 2. The minimum atomic E-state index is -1.04. The van der Waals surface area contributed by atoms with Crippen LogP contribution in [0.4, 0.5) is 5.95 Å². The molecule has 0 radical (unpaired) electrons. The maximum absolute atomic E-state index is 13.9. The van der Waals surface area contributed by atoms with Crippen molar-refractivity contribution >= 4 is 40.5 Å². The summed E-state index contributed by atoms with van der Waals surface area (Å²) in [6.45, 7) is 2.33. The normalized spacial score (nSPS) is 17.6. The lowest BCUT2D eigenvalue weighted by Crippen LogP contribution is -2.50. The first-order chi connectivity index (χ1) is 16.6. The molecule has 1 amide bonds. The number of imidazole rings is 1. The third-order valence-electron chi connectivity index (χ3n) is 6.16. The van der Waals surface area contributed by atoms with Crippen molar-refractivity contribution in [2.24, 2.45) is 5.92 Å². The van der Waals surface area contributed by atoms with E-state index in [1.165, 1.54) is 0 Å². The third kappa shape index (κ3) is 3.94. The van der Waals surface area contributed by atoms with Gasteiger partial charge in [0.15, 0.2) is 5.92 Å². The second-order valence-electron chi connectivity index (χ2n) is 8.22. The Labute approximate surface area is 202 Å². The number of hydrogen-bond acceptors (Lipinski definition) is 4. The van der Waals surface area contributed by atoms with Gasteiger partial charge in [0.05, 0.1) is 23.7 Å². The molecule has 172 valence electrons. The maximum Gasteiger partial charge on any atom is 0.321 e. The number of para-hydroxylation sites is 2. The number of fused-ring (bicyclic) bond motifs is 3. The van der Waals surface area contributed by atoms with Crippen LogP contribution in [-0.4, -0.2) is 34.6 Å². The van der Waals surface area contributed by atoms with Crippen LogP contribution in [0.3, 0.4) is 0 Å². The zero-order valence-corrected chi connectivity index (χ0v) is 19.5. The van der Waals surface area contributed by atoms with Crippen LogP contribution in [0.15, 0.2) is 78.9 Å². The van der Waals surface area contributed by atoms with Gasteiger partial charge in [0.1, 0.15) is 0 Å². The quantitative estimate of drug-likeness (QED) is 0.290. The molecule has 3 aromatic carbocycles. The predicted octanol–water partition coefficient (Wildman–Crippen LogP) is 5.05. The molecule has 7 heteroatoms. The first-order valence-electron chi connectivity index (χ1n) is 11.3. The third-order valence-corrected chi connectivity index (χ3v) is 6.42. The summed E-state index contributed by atoms with van der Waals surface area (Å²) >= 11 is 6.14. The summed E-state index contributed by atoms with van der Waals surface area (Å²) in [6.07, 6.45) is 0.636. The van der Waals surface area contributed by atoms with Crippen LogP contribution < -0.4 is 4.90 Å². The maximum atomic E-state index is 13.9. The summed E-state index contributed by atoms with van der Waals surface area (Å²) < 4.78 is 7.39. The fourth-order valence-electron chi connectivity index (χ4n) is 4.61. The highest BCUT2D eigenvalue weighted by Crippen LogP contribution is 2.41. The smallest absolute Gasteiger partial charge is 0.321 e. The minimum Gasteiger partial charge on any atom is -0.465 e. The molecule has 1 aromatic heterocycles. The molecule has 1 aliphatic rings. The van der Waals surface area contributed by atoms with Crippen LogP contribution in [-0.2, 0) is 20.7 Å². The molecule has 0 unspecified atom stereocenters. The lowest BCUT2D eigenvalue weighted by atomic mass is 9.89. The van der Waals surface area contributed by atoms with E-state index >= 15 is 0 Å². The molecule has 2 atom stereocenters. The van der Waals surface area contributed by atoms with Gasteiger partial charge in [-0.2, -0.15) is 0 Å². The minimum absolute atomic E-state index is 0.192. The first-order valence-corrected chi connectivity index (χ1v) is 11.7. The van der Waals surface area contributed by atoms with Crippen LogP contribution in [0, 0.1) is 5.92 Å². The molecule has 2 heterocycles. The van der Waals surface area contributed by atoms with E-state index in [0.29, 0.717) is 23.9 Å². The second kappa shape index (κ2) is 9.31. The Hall–Kier alpha value is -3.64.